The number of hydrogen-bond acceptors (Lipinski definition) is 3. The molecule has 0 fully saturated rings. The molecule has 0 aliphatic heterocycles. The third-order valence-electron chi connectivity index (χ3n) is 3.15. The predicted octanol–water partition coefficient (Wildman–Crippen LogP) is 4.33. The number of ether oxygens (including phenoxy) is 1. The molecule has 2 aromatic rings. The van der Waals surface area contributed by atoms with Crippen LogP contribution in [0.4, 0.5) is 0 Å². The molecule has 0 unspecified atom stereocenters. The monoisotopic (exact) mass is 294 g/mol. The van der Waals surface area contributed by atoms with Gasteiger partial charge in [0, 0.05) is 6.08 Å². The van der Waals surface area contributed by atoms with Crippen LogP contribution in [0.25, 0.3) is 16.3 Å². The molecule has 1 aromatic carbocycles. The highest BCUT2D eigenvalue weighted by atomic mass is 32.2. The van der Waals surface area contributed by atoms with Gasteiger partial charge in [-0.15, -0.1) is 11.8 Å². The number of benzene rings is 1. The molecule has 0 radical (unpaired) electrons. The van der Waals surface area contributed by atoms with Crippen LogP contribution in [0.15, 0.2) is 23.1 Å². The zero-order chi connectivity index (χ0) is 13.8. The fourth-order valence-electron chi connectivity index (χ4n) is 2.08. The van der Waals surface area contributed by atoms with E-state index in [1.54, 1.807) is 7.11 Å². The van der Waals surface area contributed by atoms with E-state index in [0.717, 1.165) is 18.7 Å². The van der Waals surface area contributed by atoms with Crippen LogP contribution in [-0.4, -0.2) is 13.4 Å². The molecule has 0 N–H and O–H groups in total. The van der Waals surface area contributed by atoms with E-state index >= 15 is 0 Å². The number of nitrogens with zero attached hydrogens (tertiary/aromatic N) is 1. The Bertz CT molecular complexity index is 595. The quantitative estimate of drug-likeness (QED) is 0.761. The lowest BCUT2D eigenvalue weighted by atomic mass is 10.3. The minimum absolute atomic E-state index is 0.920. The van der Waals surface area contributed by atoms with Gasteiger partial charge in [-0.1, -0.05) is 18.3 Å². The van der Waals surface area contributed by atoms with Crippen LogP contribution in [0, 0.1) is 0 Å². The first-order chi connectivity index (χ1) is 9.23. The maximum absolute atomic E-state index is 5.33. The summed E-state index contributed by atoms with van der Waals surface area (Å²) in [7, 11) is 1.72. The Balaban J connectivity index is 2.59. The van der Waals surface area contributed by atoms with Gasteiger partial charge in [0.15, 0.2) is 0 Å². The fraction of sp³-hybridized carbons (Fsp3) is 0.400. The van der Waals surface area contributed by atoms with E-state index in [1.165, 1.54) is 20.1 Å². The maximum atomic E-state index is 5.33. The van der Waals surface area contributed by atoms with Crippen molar-refractivity contribution in [3.8, 4) is 5.75 Å². The molecule has 1 heterocycles. The zero-order valence-electron chi connectivity index (χ0n) is 11.9. The van der Waals surface area contributed by atoms with E-state index in [-0.39, 0.29) is 0 Å². The van der Waals surface area contributed by atoms with Gasteiger partial charge in [-0.05, 0) is 36.6 Å². The number of aryl methyl sites for hydroxylation is 1. The second-order valence-corrected chi connectivity index (χ2v) is 6.18. The summed E-state index contributed by atoms with van der Waals surface area (Å²) in [4.78, 5) is 1.42. The standard InChI is InChI=1S/C15H20NOS2/c1-5-12(18-4)10-15-16(6-2)13-9-11(17-3)7-8-14(13)19-15/h7-10H,5-6H2,1-4H3/q+1/b12-10+. The lowest BCUT2D eigenvalue weighted by Gasteiger charge is -1.98. The molecule has 2 nitrogen and oxygen atoms in total. The second-order valence-electron chi connectivity index (χ2n) is 4.19. The summed E-state index contributed by atoms with van der Waals surface area (Å²) in [6.45, 7) is 5.37. The molecule has 0 spiro atoms. The number of allylic oxidation sites excluding steroid dienone is 1. The summed E-state index contributed by atoms with van der Waals surface area (Å²) in [6, 6.07) is 6.30. The molecular formula is C15H20NOS2+. The number of rotatable bonds is 5. The van der Waals surface area contributed by atoms with Crippen molar-refractivity contribution in [3.05, 3.63) is 28.1 Å². The van der Waals surface area contributed by atoms with Crippen LogP contribution in [-0.2, 0) is 6.54 Å². The predicted molar refractivity (Wildman–Crippen MR) is 86.0 cm³/mol. The molecule has 1 aromatic heterocycles. The highest BCUT2D eigenvalue weighted by molar-refractivity contribution is 8.02. The van der Waals surface area contributed by atoms with Gasteiger partial charge in [0.1, 0.15) is 17.0 Å². The van der Waals surface area contributed by atoms with Crippen LogP contribution in [0.2, 0.25) is 0 Å². The van der Waals surface area contributed by atoms with Gasteiger partial charge in [-0.2, -0.15) is 4.57 Å². The van der Waals surface area contributed by atoms with Crippen LogP contribution in [0.1, 0.15) is 25.3 Å². The molecule has 0 aliphatic carbocycles. The molecular weight excluding hydrogens is 274 g/mol. The SMILES string of the molecule is CC/C(=C\c1sc2ccc(OC)cc2[n+]1CC)SC. The van der Waals surface area contributed by atoms with Gasteiger partial charge in [-0.3, -0.25) is 0 Å². The van der Waals surface area contributed by atoms with Crippen LogP contribution in [0.3, 0.4) is 0 Å². The summed E-state index contributed by atoms with van der Waals surface area (Å²) >= 11 is 3.68. The second kappa shape index (κ2) is 6.44. The Morgan fingerprint density at radius 1 is 1.42 bits per heavy atom. The molecule has 0 atom stereocenters. The summed E-state index contributed by atoms with van der Waals surface area (Å²) in [6.07, 6.45) is 5.54. The van der Waals surface area contributed by atoms with Crippen molar-refractivity contribution in [2.75, 3.05) is 13.4 Å². The number of hydrogen-bond donors (Lipinski definition) is 0. The molecule has 19 heavy (non-hydrogen) atoms. The van der Waals surface area contributed by atoms with Crippen molar-refractivity contribution >= 4 is 39.4 Å². The van der Waals surface area contributed by atoms with Gasteiger partial charge >= 0.3 is 0 Å². The van der Waals surface area contributed by atoms with Crippen molar-refractivity contribution in [2.24, 2.45) is 0 Å². The Morgan fingerprint density at radius 3 is 2.79 bits per heavy atom. The molecule has 0 saturated heterocycles. The lowest BCUT2D eigenvalue weighted by molar-refractivity contribution is -0.665. The third-order valence-corrected chi connectivity index (χ3v) is 5.19. The van der Waals surface area contributed by atoms with E-state index in [9.17, 15) is 0 Å². The van der Waals surface area contributed by atoms with E-state index < -0.39 is 0 Å². The average Bonchev–Trinajstić information content (AvgIpc) is 2.80. The minimum Gasteiger partial charge on any atom is -0.497 e. The Morgan fingerprint density at radius 2 is 2.21 bits per heavy atom. The van der Waals surface area contributed by atoms with Gasteiger partial charge < -0.3 is 4.74 Å². The Hall–Kier alpha value is -1.000. The molecule has 0 bridgehead atoms. The van der Waals surface area contributed by atoms with Crippen LogP contribution >= 0.6 is 23.1 Å². The largest absolute Gasteiger partial charge is 0.497 e. The molecule has 2 rings (SSSR count). The molecule has 102 valence electrons. The van der Waals surface area contributed by atoms with Crippen LogP contribution in [0.5, 0.6) is 5.75 Å². The average molecular weight is 294 g/mol. The Kier molecular flexibility index (Phi) is 4.88. The van der Waals surface area contributed by atoms with Crippen LogP contribution < -0.4 is 9.30 Å². The first kappa shape index (κ1) is 14.4. The first-order valence-electron chi connectivity index (χ1n) is 6.48. The van der Waals surface area contributed by atoms with Crippen molar-refractivity contribution in [1.29, 1.82) is 0 Å². The van der Waals surface area contributed by atoms with Gasteiger partial charge in [0.25, 0.3) is 5.01 Å². The van der Waals surface area contributed by atoms with E-state index in [4.69, 9.17) is 4.74 Å². The minimum atomic E-state index is 0.920. The number of aromatic nitrogens is 1. The smallest absolute Gasteiger partial charge is 0.263 e. The summed E-state index contributed by atoms with van der Waals surface area (Å²) < 4.78 is 8.99. The summed E-state index contributed by atoms with van der Waals surface area (Å²) in [5.74, 6) is 0.920. The van der Waals surface area contributed by atoms with E-state index in [1.807, 2.05) is 29.2 Å². The number of methoxy groups -OCH3 is 1. The third kappa shape index (κ3) is 2.95. The molecule has 0 amide bonds. The normalized spacial score (nSPS) is 12.1. The van der Waals surface area contributed by atoms with Crippen molar-refractivity contribution < 1.29 is 9.30 Å². The highest BCUT2D eigenvalue weighted by Crippen LogP contribution is 2.28. The van der Waals surface area contributed by atoms with Crippen molar-refractivity contribution in [1.82, 2.24) is 0 Å². The molecule has 0 saturated carbocycles. The topological polar surface area (TPSA) is 13.1 Å². The maximum Gasteiger partial charge on any atom is 0.263 e. The highest BCUT2D eigenvalue weighted by Gasteiger charge is 2.18. The fourth-order valence-corrected chi connectivity index (χ4v) is 3.85. The van der Waals surface area contributed by atoms with E-state index in [2.05, 4.69) is 42.9 Å². The van der Waals surface area contributed by atoms with Crippen molar-refractivity contribution in [3.63, 3.8) is 0 Å². The van der Waals surface area contributed by atoms with Gasteiger partial charge in [-0.25, -0.2) is 0 Å². The van der Waals surface area contributed by atoms with Gasteiger partial charge in [0.2, 0.25) is 5.52 Å². The summed E-state index contributed by atoms with van der Waals surface area (Å²) in [5, 5.41) is 1.32. The Labute approximate surface area is 123 Å². The van der Waals surface area contributed by atoms with E-state index in [0.29, 0.717) is 0 Å². The molecule has 0 aliphatic rings. The number of thioether (sulfide) groups is 1. The zero-order valence-corrected chi connectivity index (χ0v) is 13.5. The number of thiazole rings is 1. The first-order valence-corrected chi connectivity index (χ1v) is 8.52. The van der Waals surface area contributed by atoms with Crippen molar-refractivity contribution in [2.45, 2.75) is 26.8 Å². The van der Waals surface area contributed by atoms with Gasteiger partial charge in [0.05, 0.1) is 13.2 Å². The summed E-state index contributed by atoms with van der Waals surface area (Å²) in [5.41, 5.74) is 1.26. The molecule has 4 heteroatoms. The lowest BCUT2D eigenvalue weighted by Crippen LogP contribution is -2.33. The number of fused-ring (bicyclic) bond motifs is 1.